The Balaban J connectivity index is 0.000000720. The highest BCUT2D eigenvalue weighted by Crippen LogP contribution is 2.57. The number of fused-ring (bicyclic) bond motifs is 1. The Kier molecular flexibility index (Phi) is 9.28. The molecule has 0 unspecified atom stereocenters. The number of benzene rings is 6. The van der Waals surface area contributed by atoms with Gasteiger partial charge in [-0.05, 0) is 65.4 Å². The first-order chi connectivity index (χ1) is 22.8. The second-order valence-electron chi connectivity index (χ2n) is 10.8. The summed E-state index contributed by atoms with van der Waals surface area (Å²) in [6, 6.07) is 58.3. The summed E-state index contributed by atoms with van der Waals surface area (Å²) in [7, 11) is -6.69. The van der Waals surface area contributed by atoms with Crippen molar-refractivity contribution in [2.24, 2.45) is 0 Å². The second-order valence-corrected chi connectivity index (χ2v) is 14.1. The number of hydrogen-bond donors (Lipinski definition) is 0. The minimum Gasteiger partial charge on any atom is -0.497 e. The predicted octanol–water partition coefficient (Wildman–Crippen LogP) is 9.69. The second kappa shape index (κ2) is 13.7. The van der Waals surface area contributed by atoms with E-state index in [1.165, 1.54) is 21.2 Å². The van der Waals surface area contributed by atoms with E-state index in [0.717, 1.165) is 39.2 Å². The molecule has 1 heterocycles. The van der Waals surface area contributed by atoms with Gasteiger partial charge >= 0.3 is 7.25 Å². The molecular formula is C39H30BF4O2P. The van der Waals surface area contributed by atoms with Gasteiger partial charge in [0.25, 0.3) is 0 Å². The summed E-state index contributed by atoms with van der Waals surface area (Å²) in [4.78, 5) is 0. The van der Waals surface area contributed by atoms with Crippen molar-refractivity contribution in [3.05, 3.63) is 164 Å². The molecule has 0 atom stereocenters. The zero-order valence-corrected chi connectivity index (χ0v) is 26.3. The monoisotopic (exact) mass is 648 g/mol. The average molecular weight is 648 g/mol. The molecule has 7 rings (SSSR count). The van der Waals surface area contributed by atoms with Crippen LogP contribution in [-0.2, 0) is 0 Å². The molecule has 0 fully saturated rings. The molecule has 0 radical (unpaired) electrons. The third-order valence-electron chi connectivity index (χ3n) is 7.89. The maximum absolute atomic E-state index is 9.75. The van der Waals surface area contributed by atoms with Gasteiger partial charge in [0.1, 0.15) is 34.7 Å². The van der Waals surface area contributed by atoms with Crippen molar-refractivity contribution in [1.29, 1.82) is 0 Å². The third-order valence-corrected chi connectivity index (χ3v) is 12.2. The largest absolute Gasteiger partial charge is 0.673 e. The maximum atomic E-state index is 9.75. The molecule has 0 aliphatic carbocycles. The number of rotatable bonds is 7. The Labute approximate surface area is 271 Å². The predicted molar refractivity (Wildman–Crippen MR) is 189 cm³/mol. The molecule has 1 aromatic heterocycles. The van der Waals surface area contributed by atoms with Crippen molar-refractivity contribution in [2.75, 3.05) is 7.11 Å². The summed E-state index contributed by atoms with van der Waals surface area (Å²) in [5.41, 5.74) is 2.12. The lowest BCUT2D eigenvalue weighted by Crippen LogP contribution is -2.38. The fraction of sp³-hybridized carbons (Fsp3) is 0.0256. The van der Waals surface area contributed by atoms with Gasteiger partial charge in [0.05, 0.1) is 7.11 Å². The van der Waals surface area contributed by atoms with E-state index in [0.29, 0.717) is 0 Å². The molecule has 0 saturated carbocycles. The minimum absolute atomic E-state index is 0.840. The van der Waals surface area contributed by atoms with Crippen molar-refractivity contribution in [3.63, 3.8) is 0 Å². The highest BCUT2D eigenvalue weighted by molar-refractivity contribution is 8.01. The lowest BCUT2D eigenvalue weighted by atomic mass is 10.0. The lowest BCUT2D eigenvalue weighted by molar-refractivity contribution is 0.368. The molecule has 234 valence electrons. The first kappa shape index (κ1) is 31.8. The normalized spacial score (nSPS) is 11.5. The Morgan fingerprint density at radius 3 is 1.53 bits per heavy atom. The van der Waals surface area contributed by atoms with Gasteiger partial charge in [-0.25, -0.2) is 0 Å². The van der Waals surface area contributed by atoms with Crippen LogP contribution in [0, 0.1) is 0 Å². The van der Waals surface area contributed by atoms with Gasteiger partial charge in [-0.15, -0.1) is 0 Å². The van der Waals surface area contributed by atoms with E-state index in [1.807, 2.05) is 6.07 Å². The van der Waals surface area contributed by atoms with Crippen LogP contribution in [0.2, 0.25) is 0 Å². The van der Waals surface area contributed by atoms with Crippen LogP contribution in [0.25, 0.3) is 33.4 Å². The molecule has 0 aliphatic rings. The molecule has 8 heteroatoms. The zero-order valence-electron chi connectivity index (χ0n) is 25.4. The van der Waals surface area contributed by atoms with Crippen LogP contribution in [-0.4, -0.2) is 14.4 Å². The molecule has 0 bridgehead atoms. The van der Waals surface area contributed by atoms with Gasteiger partial charge in [0.15, 0.2) is 11.1 Å². The smallest absolute Gasteiger partial charge is 0.497 e. The standard InChI is InChI=1S/C39H30O2P.BF4/c1-40-31-25-26-35-30(27-31)17-14-24-36(35)37-28-38(39(41-37)29-15-6-2-7-16-29)42(32-18-8-3-9-19-32,33-20-10-4-11-21-33)34-22-12-5-13-23-34;2-1(3,4)5/h2-28H,1H3;/q+1;-1. The van der Waals surface area contributed by atoms with Crippen LogP contribution < -0.4 is 26.0 Å². The van der Waals surface area contributed by atoms with Crippen molar-refractivity contribution >= 4 is 46.5 Å². The summed E-state index contributed by atoms with van der Waals surface area (Å²) in [5, 5.41) is 7.30. The van der Waals surface area contributed by atoms with Crippen LogP contribution >= 0.6 is 7.26 Å². The van der Waals surface area contributed by atoms with E-state index in [9.17, 15) is 17.3 Å². The van der Waals surface area contributed by atoms with Crippen molar-refractivity contribution in [3.8, 4) is 28.4 Å². The molecule has 0 saturated heterocycles. The van der Waals surface area contributed by atoms with Gasteiger partial charge < -0.3 is 26.4 Å². The SMILES string of the molecule is COc1ccc2c(-c3cc([P+](c4ccccc4)(c4ccccc4)c4ccccc4)c(-c4ccccc4)o3)cccc2c1.F[B-](F)(F)F. The number of hydrogen-bond acceptors (Lipinski definition) is 2. The molecule has 7 aromatic rings. The summed E-state index contributed by atoms with van der Waals surface area (Å²) in [6.45, 7) is 0. The molecule has 0 spiro atoms. The first-order valence-corrected chi connectivity index (χ1v) is 16.8. The van der Waals surface area contributed by atoms with Gasteiger partial charge in [0.2, 0.25) is 0 Å². The third kappa shape index (κ3) is 6.72. The molecule has 0 N–H and O–H groups in total. The summed E-state index contributed by atoms with van der Waals surface area (Å²) in [5.74, 6) is 2.60. The number of methoxy groups -OCH3 is 1. The molecule has 0 amide bonds. The van der Waals surface area contributed by atoms with E-state index < -0.39 is 14.5 Å². The number of halogens is 4. The average Bonchev–Trinajstić information content (AvgIpc) is 3.55. The molecule has 6 aromatic carbocycles. The maximum Gasteiger partial charge on any atom is 0.673 e. The Morgan fingerprint density at radius 1 is 0.553 bits per heavy atom. The van der Waals surface area contributed by atoms with E-state index in [4.69, 9.17) is 9.15 Å². The van der Waals surface area contributed by atoms with Gasteiger partial charge in [-0.2, -0.15) is 0 Å². The zero-order chi connectivity index (χ0) is 32.9. The molecule has 47 heavy (non-hydrogen) atoms. The van der Waals surface area contributed by atoms with Crippen LogP contribution in [0.15, 0.2) is 168 Å². The Morgan fingerprint density at radius 2 is 1.04 bits per heavy atom. The Hall–Kier alpha value is -5.13. The fourth-order valence-corrected chi connectivity index (χ4v) is 10.4. The van der Waals surface area contributed by atoms with Crippen LogP contribution in [0.4, 0.5) is 17.3 Å². The summed E-state index contributed by atoms with van der Waals surface area (Å²) in [6.07, 6.45) is 0. The first-order valence-electron chi connectivity index (χ1n) is 15.0. The lowest BCUT2D eigenvalue weighted by Gasteiger charge is -2.27. The fourth-order valence-electron chi connectivity index (χ4n) is 5.98. The highest BCUT2D eigenvalue weighted by Gasteiger charge is 2.51. The Bertz CT molecular complexity index is 1970. The van der Waals surface area contributed by atoms with Crippen LogP contribution in [0.3, 0.4) is 0 Å². The number of furan rings is 1. The van der Waals surface area contributed by atoms with E-state index in [2.05, 4.69) is 158 Å². The van der Waals surface area contributed by atoms with E-state index >= 15 is 0 Å². The molecule has 2 nitrogen and oxygen atoms in total. The topological polar surface area (TPSA) is 22.4 Å². The van der Waals surface area contributed by atoms with E-state index in [1.54, 1.807) is 7.11 Å². The summed E-state index contributed by atoms with van der Waals surface area (Å²) < 4.78 is 51.5. The van der Waals surface area contributed by atoms with Crippen LogP contribution in [0.1, 0.15) is 0 Å². The van der Waals surface area contributed by atoms with Crippen molar-refractivity contribution in [2.45, 2.75) is 0 Å². The van der Waals surface area contributed by atoms with E-state index in [-0.39, 0.29) is 0 Å². The quantitative estimate of drug-likeness (QED) is 0.0976. The molecular weight excluding hydrogens is 618 g/mol. The van der Waals surface area contributed by atoms with Crippen molar-refractivity contribution in [1.82, 2.24) is 0 Å². The summed E-state index contributed by atoms with van der Waals surface area (Å²) >= 11 is 0. The van der Waals surface area contributed by atoms with Gasteiger partial charge in [-0.3, -0.25) is 0 Å². The van der Waals surface area contributed by atoms with Gasteiger partial charge in [-0.1, -0.05) is 103 Å². The molecule has 0 aliphatic heterocycles. The minimum atomic E-state index is -6.00. The van der Waals surface area contributed by atoms with Gasteiger partial charge in [0, 0.05) is 17.2 Å². The van der Waals surface area contributed by atoms with Crippen LogP contribution in [0.5, 0.6) is 5.75 Å². The van der Waals surface area contributed by atoms with Crippen molar-refractivity contribution < 1.29 is 26.4 Å². The number of ether oxygens (including phenoxy) is 1. The highest BCUT2D eigenvalue weighted by atomic mass is 31.2.